The molecule has 0 fully saturated rings. The van der Waals surface area contributed by atoms with Gasteiger partial charge in [0.25, 0.3) is 0 Å². The van der Waals surface area contributed by atoms with E-state index in [2.05, 4.69) is 11.1 Å². The Bertz CT molecular complexity index is 1200. The number of hydrogen-bond donors (Lipinski definition) is 1. The van der Waals surface area contributed by atoms with Gasteiger partial charge in [0.1, 0.15) is 0 Å². The summed E-state index contributed by atoms with van der Waals surface area (Å²) in [6.45, 7) is 1.93. The van der Waals surface area contributed by atoms with E-state index < -0.39 is 0 Å². The molecular weight excluding hydrogens is 352 g/mol. The summed E-state index contributed by atoms with van der Waals surface area (Å²) in [4.78, 5) is 9.26. The summed E-state index contributed by atoms with van der Waals surface area (Å²) >= 11 is 0. The van der Waals surface area contributed by atoms with Crippen molar-refractivity contribution >= 4 is 5.65 Å². The number of nitriles is 1. The van der Waals surface area contributed by atoms with Crippen LogP contribution < -0.4 is 4.74 Å². The van der Waals surface area contributed by atoms with Gasteiger partial charge in [0.05, 0.1) is 36.6 Å². The van der Waals surface area contributed by atoms with Crippen LogP contribution in [0.2, 0.25) is 0 Å². The second-order valence-corrected chi connectivity index (χ2v) is 6.43. The molecule has 4 aromatic rings. The van der Waals surface area contributed by atoms with Crippen molar-refractivity contribution in [1.82, 2.24) is 14.4 Å². The molecule has 138 valence electrons. The van der Waals surface area contributed by atoms with E-state index in [9.17, 15) is 5.11 Å². The fourth-order valence-corrected chi connectivity index (χ4v) is 3.27. The van der Waals surface area contributed by atoms with Crippen LogP contribution in [0.4, 0.5) is 0 Å². The fourth-order valence-electron chi connectivity index (χ4n) is 3.27. The topological polar surface area (TPSA) is 83.4 Å². The van der Waals surface area contributed by atoms with Crippen molar-refractivity contribution in [2.45, 2.75) is 13.5 Å². The summed E-state index contributed by atoms with van der Waals surface area (Å²) in [6.07, 6.45) is 3.50. The predicted octanol–water partition coefficient (Wildman–Crippen LogP) is 3.74. The summed E-state index contributed by atoms with van der Waals surface area (Å²) in [5, 5.41) is 18.8. The molecule has 2 aromatic heterocycles. The number of benzene rings is 2. The lowest BCUT2D eigenvalue weighted by atomic mass is 9.96. The van der Waals surface area contributed by atoms with Crippen LogP contribution in [0.3, 0.4) is 0 Å². The predicted molar refractivity (Wildman–Crippen MR) is 106 cm³/mol. The largest absolute Gasteiger partial charge is 0.468 e. The van der Waals surface area contributed by atoms with Crippen molar-refractivity contribution in [2.75, 3.05) is 7.11 Å². The molecular formula is C22H18N4O2. The number of fused-ring (bicyclic) bond motifs is 1. The third-order valence-corrected chi connectivity index (χ3v) is 4.79. The van der Waals surface area contributed by atoms with Gasteiger partial charge in [-0.25, -0.2) is 4.98 Å². The fraction of sp³-hybridized carbons (Fsp3) is 0.136. The van der Waals surface area contributed by atoms with Gasteiger partial charge in [0.15, 0.2) is 5.65 Å². The van der Waals surface area contributed by atoms with Crippen LogP contribution in [0.5, 0.6) is 6.01 Å². The van der Waals surface area contributed by atoms with Gasteiger partial charge in [-0.1, -0.05) is 24.3 Å². The zero-order valence-electron chi connectivity index (χ0n) is 15.5. The smallest absolute Gasteiger partial charge is 0.302 e. The van der Waals surface area contributed by atoms with Crippen LogP contribution in [0.1, 0.15) is 16.7 Å². The monoisotopic (exact) mass is 370 g/mol. The van der Waals surface area contributed by atoms with Crippen LogP contribution in [-0.4, -0.2) is 26.6 Å². The Morgan fingerprint density at radius 1 is 1.14 bits per heavy atom. The van der Waals surface area contributed by atoms with Gasteiger partial charge in [0, 0.05) is 18.0 Å². The lowest BCUT2D eigenvalue weighted by Crippen LogP contribution is -2.02. The van der Waals surface area contributed by atoms with E-state index in [-0.39, 0.29) is 6.61 Å². The molecule has 0 spiro atoms. The molecule has 0 radical (unpaired) electrons. The second kappa shape index (κ2) is 7.14. The number of rotatable bonds is 4. The molecule has 0 amide bonds. The van der Waals surface area contributed by atoms with Crippen LogP contribution in [0, 0.1) is 18.3 Å². The van der Waals surface area contributed by atoms with Gasteiger partial charge in [-0.2, -0.15) is 10.2 Å². The lowest BCUT2D eigenvalue weighted by Gasteiger charge is -2.15. The Morgan fingerprint density at radius 2 is 1.89 bits per heavy atom. The number of imidazole rings is 1. The van der Waals surface area contributed by atoms with Crippen molar-refractivity contribution in [1.29, 1.82) is 5.26 Å². The minimum Gasteiger partial charge on any atom is -0.468 e. The number of hydrogen-bond acceptors (Lipinski definition) is 5. The molecule has 6 heteroatoms. The Labute approximate surface area is 162 Å². The summed E-state index contributed by atoms with van der Waals surface area (Å²) < 4.78 is 7.26. The maximum Gasteiger partial charge on any atom is 0.302 e. The first kappa shape index (κ1) is 17.7. The molecule has 0 saturated carbocycles. The highest BCUT2D eigenvalue weighted by atomic mass is 16.5. The normalized spacial score (nSPS) is 10.8. The van der Waals surface area contributed by atoms with E-state index in [0.29, 0.717) is 22.9 Å². The minimum absolute atomic E-state index is 0.0415. The zero-order valence-corrected chi connectivity index (χ0v) is 15.5. The van der Waals surface area contributed by atoms with Gasteiger partial charge in [-0.15, -0.1) is 0 Å². The number of methoxy groups -OCH3 is 1. The summed E-state index contributed by atoms with van der Waals surface area (Å²) in [5.74, 6) is 0. The Kier molecular flexibility index (Phi) is 4.52. The van der Waals surface area contributed by atoms with E-state index in [1.165, 1.54) is 0 Å². The zero-order chi connectivity index (χ0) is 19.7. The van der Waals surface area contributed by atoms with Crippen LogP contribution in [-0.2, 0) is 6.61 Å². The summed E-state index contributed by atoms with van der Waals surface area (Å²) in [7, 11) is 1.57. The Balaban J connectivity index is 2.05. The van der Waals surface area contributed by atoms with E-state index in [1.807, 2.05) is 37.3 Å². The number of nitrogens with zero attached hydrogens (tertiary/aromatic N) is 4. The van der Waals surface area contributed by atoms with Gasteiger partial charge in [-0.3, -0.25) is 4.40 Å². The molecule has 28 heavy (non-hydrogen) atoms. The SMILES string of the molecule is COc1nc(-c2ccc(C#N)cc2)c(-c2ccc(C)c(CO)c2)c2nccn12. The van der Waals surface area contributed by atoms with Gasteiger partial charge >= 0.3 is 6.01 Å². The first-order chi connectivity index (χ1) is 13.7. The summed E-state index contributed by atoms with van der Waals surface area (Å²) in [5.41, 5.74) is 6.45. The molecule has 6 nitrogen and oxygen atoms in total. The minimum atomic E-state index is -0.0415. The molecule has 2 heterocycles. The van der Waals surface area contributed by atoms with E-state index in [4.69, 9.17) is 15.0 Å². The Hall–Kier alpha value is -3.69. The van der Waals surface area contributed by atoms with Crippen LogP contribution in [0.25, 0.3) is 28.0 Å². The summed E-state index contributed by atoms with van der Waals surface area (Å²) in [6, 6.07) is 15.7. The molecule has 0 saturated heterocycles. The number of aliphatic hydroxyl groups is 1. The van der Waals surface area contributed by atoms with Crippen molar-refractivity contribution < 1.29 is 9.84 Å². The molecule has 0 aliphatic carbocycles. The van der Waals surface area contributed by atoms with Gasteiger partial charge in [-0.05, 0) is 41.8 Å². The number of aryl methyl sites for hydroxylation is 1. The van der Waals surface area contributed by atoms with Crippen molar-refractivity contribution in [3.63, 3.8) is 0 Å². The molecule has 0 aliphatic heterocycles. The van der Waals surface area contributed by atoms with Crippen molar-refractivity contribution in [3.05, 3.63) is 71.5 Å². The Morgan fingerprint density at radius 3 is 2.57 bits per heavy atom. The highest BCUT2D eigenvalue weighted by Crippen LogP contribution is 2.36. The molecule has 0 bridgehead atoms. The number of aromatic nitrogens is 3. The average molecular weight is 370 g/mol. The first-order valence-corrected chi connectivity index (χ1v) is 8.78. The first-order valence-electron chi connectivity index (χ1n) is 8.78. The van der Waals surface area contributed by atoms with E-state index in [0.717, 1.165) is 27.8 Å². The standard InChI is InChI=1S/C22H18N4O2/c1-14-3-6-17(11-18(14)13-27)19-20(16-7-4-15(12-23)5-8-16)25-22(28-2)26-10-9-24-21(19)26/h3-11,27H,13H2,1-2H3. The third-order valence-electron chi connectivity index (χ3n) is 4.79. The molecule has 0 aliphatic rings. The quantitative estimate of drug-likeness (QED) is 0.592. The highest BCUT2D eigenvalue weighted by molar-refractivity contribution is 5.90. The van der Waals surface area contributed by atoms with Crippen LogP contribution >= 0.6 is 0 Å². The maximum atomic E-state index is 9.70. The molecule has 2 aromatic carbocycles. The molecule has 1 N–H and O–H groups in total. The van der Waals surface area contributed by atoms with E-state index in [1.54, 1.807) is 36.0 Å². The molecule has 4 rings (SSSR count). The third kappa shape index (κ3) is 2.88. The van der Waals surface area contributed by atoms with Gasteiger partial charge in [0.2, 0.25) is 0 Å². The van der Waals surface area contributed by atoms with Crippen LogP contribution in [0.15, 0.2) is 54.9 Å². The average Bonchev–Trinajstić information content (AvgIpc) is 3.23. The number of aliphatic hydroxyl groups excluding tert-OH is 1. The number of ether oxygens (including phenoxy) is 1. The highest BCUT2D eigenvalue weighted by Gasteiger charge is 2.19. The molecule has 0 unspecified atom stereocenters. The second-order valence-electron chi connectivity index (χ2n) is 6.43. The maximum absolute atomic E-state index is 9.70. The van der Waals surface area contributed by atoms with E-state index >= 15 is 0 Å². The lowest BCUT2D eigenvalue weighted by molar-refractivity contribution is 0.281. The van der Waals surface area contributed by atoms with Crippen molar-refractivity contribution in [2.24, 2.45) is 0 Å². The molecule has 0 atom stereocenters. The van der Waals surface area contributed by atoms with Gasteiger partial charge < -0.3 is 9.84 Å². The van der Waals surface area contributed by atoms with Crippen molar-refractivity contribution in [3.8, 4) is 34.5 Å².